The second kappa shape index (κ2) is 4.27. The van der Waals surface area contributed by atoms with Gasteiger partial charge in [0, 0.05) is 13.1 Å². The first-order valence-corrected chi connectivity index (χ1v) is 6.68. The van der Waals surface area contributed by atoms with Gasteiger partial charge in [0.05, 0.1) is 6.54 Å². The maximum absolute atomic E-state index is 5.29. The molecule has 1 saturated carbocycles. The van der Waals surface area contributed by atoms with E-state index < -0.39 is 0 Å². The Bertz CT molecular complexity index is 354. The van der Waals surface area contributed by atoms with Crippen molar-refractivity contribution in [3.05, 3.63) is 5.01 Å². The first-order chi connectivity index (χ1) is 7.85. The molecule has 2 atom stereocenters. The topological polar surface area (TPSA) is 67.1 Å². The summed E-state index contributed by atoms with van der Waals surface area (Å²) in [6, 6.07) is 0. The van der Waals surface area contributed by atoms with Crippen molar-refractivity contribution in [2.45, 2.75) is 25.8 Å². The summed E-state index contributed by atoms with van der Waals surface area (Å²) in [5.74, 6) is 7.18. The van der Waals surface area contributed by atoms with E-state index in [1.54, 1.807) is 11.3 Å². The maximum atomic E-state index is 5.29. The molecule has 3 N–H and O–H groups in total. The Morgan fingerprint density at radius 3 is 2.69 bits per heavy atom. The van der Waals surface area contributed by atoms with E-state index in [0.717, 1.165) is 23.4 Å². The lowest BCUT2D eigenvalue weighted by atomic mass is 10.0. The molecule has 16 heavy (non-hydrogen) atoms. The Morgan fingerprint density at radius 1 is 1.31 bits per heavy atom. The smallest absolute Gasteiger partial charge is 0.219 e. The Morgan fingerprint density at radius 2 is 2.06 bits per heavy atom. The van der Waals surface area contributed by atoms with Gasteiger partial charge in [0.1, 0.15) is 5.01 Å². The molecule has 5 nitrogen and oxygen atoms in total. The second-order valence-electron chi connectivity index (χ2n) is 4.79. The number of hydrazine groups is 1. The first kappa shape index (κ1) is 10.4. The monoisotopic (exact) mass is 239 g/mol. The van der Waals surface area contributed by atoms with Crippen molar-refractivity contribution in [1.29, 1.82) is 0 Å². The van der Waals surface area contributed by atoms with Gasteiger partial charge in [-0.25, -0.2) is 5.84 Å². The third-order valence-corrected chi connectivity index (χ3v) is 4.59. The average Bonchev–Trinajstić information content (AvgIpc) is 2.92. The van der Waals surface area contributed by atoms with Gasteiger partial charge < -0.3 is 0 Å². The zero-order chi connectivity index (χ0) is 11.0. The number of nitrogens with one attached hydrogen (secondary N) is 1. The molecule has 0 aromatic carbocycles. The summed E-state index contributed by atoms with van der Waals surface area (Å²) in [5.41, 5.74) is 2.54. The molecule has 2 heterocycles. The molecule has 2 unspecified atom stereocenters. The van der Waals surface area contributed by atoms with Gasteiger partial charge in [-0.15, -0.1) is 10.2 Å². The lowest BCUT2D eigenvalue weighted by Crippen LogP contribution is -2.20. The molecule has 1 saturated heterocycles. The van der Waals surface area contributed by atoms with Crippen molar-refractivity contribution in [3.63, 3.8) is 0 Å². The van der Waals surface area contributed by atoms with Crippen LogP contribution in [0.1, 0.15) is 24.3 Å². The number of likely N-dealkylation sites (tertiary alicyclic amines) is 1. The lowest BCUT2D eigenvalue weighted by molar-refractivity contribution is 0.302. The summed E-state index contributed by atoms with van der Waals surface area (Å²) >= 11 is 1.55. The lowest BCUT2D eigenvalue weighted by Gasteiger charge is -2.13. The van der Waals surface area contributed by atoms with Gasteiger partial charge in [0.25, 0.3) is 0 Å². The minimum Gasteiger partial charge on any atom is -0.298 e. The zero-order valence-corrected chi connectivity index (χ0v) is 10.0. The number of aromatic nitrogens is 2. The summed E-state index contributed by atoms with van der Waals surface area (Å²) in [6.07, 6.45) is 4.28. The molecule has 0 spiro atoms. The molecule has 3 rings (SSSR count). The fourth-order valence-electron chi connectivity index (χ4n) is 3.03. The molecule has 2 aliphatic rings. The Balaban J connectivity index is 1.59. The largest absolute Gasteiger partial charge is 0.298 e. The number of hydrogen-bond acceptors (Lipinski definition) is 6. The van der Waals surface area contributed by atoms with Crippen LogP contribution in [-0.2, 0) is 6.54 Å². The van der Waals surface area contributed by atoms with Gasteiger partial charge in [-0.1, -0.05) is 17.8 Å². The quantitative estimate of drug-likeness (QED) is 0.610. The van der Waals surface area contributed by atoms with E-state index >= 15 is 0 Å². The predicted octanol–water partition coefficient (Wildman–Crippen LogP) is 1.06. The van der Waals surface area contributed by atoms with E-state index in [9.17, 15) is 0 Å². The summed E-state index contributed by atoms with van der Waals surface area (Å²) in [5, 5.41) is 9.85. The van der Waals surface area contributed by atoms with Crippen LogP contribution in [-0.4, -0.2) is 28.2 Å². The van der Waals surface area contributed by atoms with Crippen molar-refractivity contribution in [1.82, 2.24) is 15.1 Å². The van der Waals surface area contributed by atoms with E-state index in [4.69, 9.17) is 5.84 Å². The van der Waals surface area contributed by atoms with Crippen molar-refractivity contribution in [2.24, 2.45) is 17.7 Å². The average molecular weight is 239 g/mol. The Hall–Kier alpha value is -0.720. The Kier molecular flexibility index (Phi) is 2.79. The van der Waals surface area contributed by atoms with Gasteiger partial charge in [-0.3, -0.25) is 10.3 Å². The van der Waals surface area contributed by atoms with Crippen molar-refractivity contribution < 1.29 is 0 Å². The number of hydrogen-bond donors (Lipinski definition) is 2. The summed E-state index contributed by atoms with van der Waals surface area (Å²) in [4.78, 5) is 2.51. The van der Waals surface area contributed by atoms with Gasteiger partial charge >= 0.3 is 0 Å². The van der Waals surface area contributed by atoms with Crippen LogP contribution in [0.4, 0.5) is 5.13 Å². The molecule has 1 aromatic rings. The van der Waals surface area contributed by atoms with Crippen LogP contribution in [0.25, 0.3) is 0 Å². The number of fused-ring (bicyclic) bond motifs is 1. The van der Waals surface area contributed by atoms with Crippen LogP contribution in [0.2, 0.25) is 0 Å². The van der Waals surface area contributed by atoms with Crippen molar-refractivity contribution >= 4 is 16.5 Å². The van der Waals surface area contributed by atoms with E-state index in [1.165, 1.54) is 32.4 Å². The SMILES string of the molecule is NNc1nnc(CN2CC3CCCC3C2)s1. The van der Waals surface area contributed by atoms with Gasteiger partial charge in [-0.2, -0.15) is 0 Å². The van der Waals surface area contributed by atoms with Crippen LogP contribution in [0.3, 0.4) is 0 Å². The van der Waals surface area contributed by atoms with Gasteiger partial charge in [0.15, 0.2) is 0 Å². The van der Waals surface area contributed by atoms with Crippen LogP contribution in [0.15, 0.2) is 0 Å². The molecule has 0 amide bonds. The van der Waals surface area contributed by atoms with E-state index in [2.05, 4.69) is 20.5 Å². The minimum absolute atomic E-state index is 0.703. The molecule has 1 aliphatic heterocycles. The standard InChI is InChI=1S/C10H17N5S/c11-12-10-14-13-9(16-10)6-15-4-7-2-1-3-8(7)5-15/h7-8H,1-6,11H2,(H,12,14). The molecule has 88 valence electrons. The fourth-order valence-corrected chi connectivity index (χ4v) is 3.72. The molecule has 1 aliphatic carbocycles. The third kappa shape index (κ3) is 1.92. The van der Waals surface area contributed by atoms with Crippen LogP contribution < -0.4 is 11.3 Å². The van der Waals surface area contributed by atoms with Crippen LogP contribution >= 0.6 is 11.3 Å². The second-order valence-corrected chi connectivity index (χ2v) is 5.85. The number of nitrogens with two attached hydrogens (primary N) is 1. The summed E-state index contributed by atoms with van der Waals surface area (Å²) in [6.45, 7) is 3.43. The molecule has 6 heteroatoms. The molecule has 0 bridgehead atoms. The highest BCUT2D eigenvalue weighted by Gasteiger charge is 2.36. The zero-order valence-electron chi connectivity index (χ0n) is 9.22. The molecular weight excluding hydrogens is 222 g/mol. The number of nitrogens with zero attached hydrogens (tertiary/aromatic N) is 3. The van der Waals surface area contributed by atoms with E-state index in [1.807, 2.05) is 0 Å². The van der Waals surface area contributed by atoms with Crippen molar-refractivity contribution in [2.75, 3.05) is 18.5 Å². The van der Waals surface area contributed by atoms with Crippen LogP contribution in [0, 0.1) is 11.8 Å². The number of nitrogen functional groups attached to an aromatic ring is 1. The fraction of sp³-hybridized carbons (Fsp3) is 0.800. The Labute approximate surface area is 99.0 Å². The first-order valence-electron chi connectivity index (χ1n) is 5.86. The molecular formula is C10H17N5S. The van der Waals surface area contributed by atoms with Crippen LogP contribution in [0.5, 0.6) is 0 Å². The third-order valence-electron chi connectivity index (χ3n) is 3.75. The molecule has 0 radical (unpaired) electrons. The molecule has 2 fully saturated rings. The van der Waals surface area contributed by atoms with Gasteiger partial charge in [-0.05, 0) is 24.7 Å². The maximum Gasteiger partial charge on any atom is 0.219 e. The van der Waals surface area contributed by atoms with Crippen molar-refractivity contribution in [3.8, 4) is 0 Å². The highest BCUT2D eigenvalue weighted by molar-refractivity contribution is 7.15. The highest BCUT2D eigenvalue weighted by Crippen LogP contribution is 2.38. The number of anilines is 1. The summed E-state index contributed by atoms with van der Waals surface area (Å²) < 4.78 is 0. The van der Waals surface area contributed by atoms with Gasteiger partial charge in [0.2, 0.25) is 5.13 Å². The normalized spacial score (nSPS) is 29.6. The number of rotatable bonds is 3. The highest BCUT2D eigenvalue weighted by atomic mass is 32.1. The predicted molar refractivity (Wildman–Crippen MR) is 63.8 cm³/mol. The van der Waals surface area contributed by atoms with E-state index in [0.29, 0.717) is 5.13 Å². The summed E-state index contributed by atoms with van der Waals surface area (Å²) in [7, 11) is 0. The van der Waals surface area contributed by atoms with E-state index in [-0.39, 0.29) is 0 Å². The minimum atomic E-state index is 0.703. The molecule has 1 aromatic heterocycles.